The molecule has 0 N–H and O–H groups in total. The van der Waals surface area contributed by atoms with Crippen LogP contribution in [0.5, 0.6) is 0 Å². The fourth-order valence-electron chi connectivity index (χ4n) is 3.79. The van der Waals surface area contributed by atoms with Gasteiger partial charge in [-0.05, 0) is 68.3 Å². The summed E-state index contributed by atoms with van der Waals surface area (Å²) in [5.41, 5.74) is 2.81. The molecule has 0 fully saturated rings. The van der Waals surface area contributed by atoms with Crippen molar-refractivity contribution in [3.8, 4) is 0 Å². The maximum atomic E-state index is 4.14. The van der Waals surface area contributed by atoms with Crippen molar-refractivity contribution in [3.63, 3.8) is 0 Å². The first-order valence-electron chi connectivity index (χ1n) is 7.66. The van der Waals surface area contributed by atoms with Crippen LogP contribution in [0.2, 0.25) is 0 Å². The predicted molar refractivity (Wildman–Crippen MR) is 80.4 cm³/mol. The van der Waals surface area contributed by atoms with Gasteiger partial charge in [-0.2, -0.15) is 0 Å². The number of allylic oxidation sites excluding steroid dienone is 5. The third kappa shape index (κ3) is 2.79. The van der Waals surface area contributed by atoms with Gasteiger partial charge in [0, 0.05) is 0 Å². The van der Waals surface area contributed by atoms with E-state index in [1.165, 1.54) is 43.3 Å². The molecule has 0 saturated carbocycles. The van der Waals surface area contributed by atoms with Crippen molar-refractivity contribution in [1.82, 2.24) is 0 Å². The normalized spacial score (nSPS) is 36.3. The van der Waals surface area contributed by atoms with Crippen molar-refractivity contribution in [1.29, 1.82) is 0 Å². The molecule has 4 atom stereocenters. The van der Waals surface area contributed by atoms with Crippen LogP contribution < -0.4 is 0 Å². The van der Waals surface area contributed by atoms with Crippen LogP contribution in [-0.2, 0) is 0 Å². The minimum absolute atomic E-state index is 0.778. The van der Waals surface area contributed by atoms with Gasteiger partial charge in [-0.15, -0.1) is 0 Å². The van der Waals surface area contributed by atoms with E-state index in [1.807, 2.05) is 0 Å². The van der Waals surface area contributed by atoms with E-state index in [4.69, 9.17) is 0 Å². The van der Waals surface area contributed by atoms with Crippen molar-refractivity contribution < 1.29 is 0 Å². The molecule has 0 aliphatic heterocycles. The van der Waals surface area contributed by atoms with Gasteiger partial charge in [0.2, 0.25) is 0 Å². The largest absolute Gasteiger partial charge is 0.0958 e. The second-order valence-corrected chi connectivity index (χ2v) is 6.31. The third-order valence-electron chi connectivity index (χ3n) is 5.03. The molecule has 0 amide bonds. The molecule has 0 aromatic rings. The Kier molecular flexibility index (Phi) is 4.48. The Morgan fingerprint density at radius 1 is 1.39 bits per heavy atom. The lowest BCUT2D eigenvalue weighted by molar-refractivity contribution is 0.199. The molecule has 4 unspecified atom stereocenters. The molecule has 2 aliphatic carbocycles. The minimum Gasteiger partial charge on any atom is -0.0958 e. The monoisotopic (exact) mass is 244 g/mol. The fourth-order valence-corrected chi connectivity index (χ4v) is 3.79. The highest BCUT2D eigenvalue weighted by atomic mass is 14.4. The topological polar surface area (TPSA) is 0 Å². The second kappa shape index (κ2) is 5.91. The van der Waals surface area contributed by atoms with Crippen LogP contribution in [0.3, 0.4) is 0 Å². The number of rotatable bonds is 3. The van der Waals surface area contributed by atoms with Crippen molar-refractivity contribution in [2.75, 3.05) is 0 Å². The maximum absolute atomic E-state index is 4.14. The molecule has 2 aliphatic rings. The first-order chi connectivity index (χ1) is 8.63. The summed E-state index contributed by atoms with van der Waals surface area (Å²) in [6, 6.07) is 0. The second-order valence-electron chi connectivity index (χ2n) is 6.31. The molecular formula is C18H28. The van der Waals surface area contributed by atoms with E-state index >= 15 is 0 Å². The van der Waals surface area contributed by atoms with Gasteiger partial charge in [-0.3, -0.25) is 0 Å². The Bertz CT molecular complexity index is 358. The standard InChI is InChI=1S/C18H28/c1-5-15-8-6-7-9-17(15)18-12-16(13(2)3)11-10-14(18)4/h6,8,12,14-15,17-18H,2,5,7,9-11H2,1,3-4H3. The molecular weight excluding hydrogens is 216 g/mol. The van der Waals surface area contributed by atoms with Crippen LogP contribution in [0, 0.1) is 23.7 Å². The van der Waals surface area contributed by atoms with Crippen molar-refractivity contribution in [2.45, 2.75) is 52.9 Å². The van der Waals surface area contributed by atoms with Crippen LogP contribution in [0.1, 0.15) is 52.9 Å². The summed E-state index contributed by atoms with van der Waals surface area (Å²) in [6.45, 7) is 11.1. The average molecular weight is 244 g/mol. The first kappa shape index (κ1) is 13.6. The van der Waals surface area contributed by atoms with Crippen LogP contribution in [-0.4, -0.2) is 0 Å². The molecule has 0 radical (unpaired) electrons. The number of hydrogen-bond acceptors (Lipinski definition) is 0. The van der Waals surface area contributed by atoms with Crippen molar-refractivity contribution in [3.05, 3.63) is 36.0 Å². The van der Waals surface area contributed by atoms with Gasteiger partial charge in [-0.25, -0.2) is 0 Å². The summed E-state index contributed by atoms with van der Waals surface area (Å²) in [5.74, 6) is 3.29. The Morgan fingerprint density at radius 3 is 2.83 bits per heavy atom. The lowest BCUT2D eigenvalue weighted by Crippen LogP contribution is -2.29. The quantitative estimate of drug-likeness (QED) is 0.573. The molecule has 18 heavy (non-hydrogen) atoms. The zero-order valence-corrected chi connectivity index (χ0v) is 12.3. The lowest BCUT2D eigenvalue weighted by Gasteiger charge is -2.39. The summed E-state index contributed by atoms with van der Waals surface area (Å²) < 4.78 is 0. The third-order valence-corrected chi connectivity index (χ3v) is 5.03. The molecule has 2 rings (SSSR count). The van der Waals surface area contributed by atoms with E-state index in [0.717, 1.165) is 23.7 Å². The van der Waals surface area contributed by atoms with E-state index in [2.05, 4.69) is 45.6 Å². The molecule has 0 nitrogen and oxygen atoms in total. The minimum atomic E-state index is 0.778. The molecule has 100 valence electrons. The highest BCUT2D eigenvalue weighted by molar-refractivity contribution is 5.29. The zero-order chi connectivity index (χ0) is 13.1. The van der Waals surface area contributed by atoms with Gasteiger partial charge in [-0.1, -0.05) is 44.2 Å². The molecule has 0 bridgehead atoms. The average Bonchev–Trinajstić information content (AvgIpc) is 2.39. The summed E-state index contributed by atoms with van der Waals surface area (Å²) >= 11 is 0. The summed E-state index contributed by atoms with van der Waals surface area (Å²) in [7, 11) is 0. The SMILES string of the molecule is C=C(C)C1=CC(C2CCC=CC2CC)C(C)CC1. The Balaban J connectivity index is 2.21. The van der Waals surface area contributed by atoms with Gasteiger partial charge in [0.1, 0.15) is 0 Å². The van der Waals surface area contributed by atoms with Crippen LogP contribution >= 0.6 is 0 Å². The Labute approximate surface area is 113 Å². The van der Waals surface area contributed by atoms with E-state index in [9.17, 15) is 0 Å². The Morgan fingerprint density at radius 2 is 2.17 bits per heavy atom. The molecule has 0 saturated heterocycles. The molecule has 0 heterocycles. The summed E-state index contributed by atoms with van der Waals surface area (Å²) in [6.07, 6.45) is 14.0. The Hall–Kier alpha value is -0.780. The zero-order valence-electron chi connectivity index (χ0n) is 12.3. The van der Waals surface area contributed by atoms with Gasteiger partial charge in [0.05, 0.1) is 0 Å². The maximum Gasteiger partial charge on any atom is -0.0168 e. The summed E-state index contributed by atoms with van der Waals surface area (Å²) in [4.78, 5) is 0. The van der Waals surface area contributed by atoms with Crippen LogP contribution in [0.25, 0.3) is 0 Å². The predicted octanol–water partition coefficient (Wildman–Crippen LogP) is 5.53. The molecule has 0 aromatic carbocycles. The van der Waals surface area contributed by atoms with Crippen molar-refractivity contribution >= 4 is 0 Å². The van der Waals surface area contributed by atoms with Gasteiger partial charge in [0.15, 0.2) is 0 Å². The van der Waals surface area contributed by atoms with Gasteiger partial charge in [0.25, 0.3) is 0 Å². The van der Waals surface area contributed by atoms with Gasteiger partial charge >= 0.3 is 0 Å². The molecule has 0 aromatic heterocycles. The number of hydrogen-bond donors (Lipinski definition) is 0. The van der Waals surface area contributed by atoms with E-state index in [0.29, 0.717) is 0 Å². The highest BCUT2D eigenvalue weighted by Crippen LogP contribution is 2.42. The summed E-state index contributed by atoms with van der Waals surface area (Å²) in [5, 5.41) is 0. The van der Waals surface area contributed by atoms with Crippen LogP contribution in [0.15, 0.2) is 36.0 Å². The molecule has 0 heteroatoms. The van der Waals surface area contributed by atoms with E-state index < -0.39 is 0 Å². The highest BCUT2D eigenvalue weighted by Gasteiger charge is 2.32. The lowest BCUT2D eigenvalue weighted by atomic mass is 9.66. The van der Waals surface area contributed by atoms with Crippen molar-refractivity contribution in [2.24, 2.45) is 23.7 Å². The fraction of sp³-hybridized carbons (Fsp3) is 0.667. The molecule has 0 spiro atoms. The van der Waals surface area contributed by atoms with E-state index in [1.54, 1.807) is 0 Å². The van der Waals surface area contributed by atoms with Gasteiger partial charge < -0.3 is 0 Å². The van der Waals surface area contributed by atoms with E-state index in [-0.39, 0.29) is 0 Å². The van der Waals surface area contributed by atoms with Crippen LogP contribution in [0.4, 0.5) is 0 Å². The first-order valence-corrected chi connectivity index (χ1v) is 7.66. The smallest absolute Gasteiger partial charge is 0.0168 e.